The highest BCUT2D eigenvalue weighted by Gasteiger charge is 2.39. The number of piperazine rings is 4. The number of ether oxygens (including phenoxy) is 4. The molecule has 4 N–H and O–H groups in total. The number of anilines is 2. The largest absolute Gasteiger partial charge is 0.493 e. The van der Waals surface area contributed by atoms with E-state index in [1.807, 2.05) is 36.4 Å². The molecule has 10 aromatic rings. The fourth-order valence-electron chi connectivity index (χ4n) is 19.8. The zero-order valence-corrected chi connectivity index (χ0v) is 80.3. The van der Waals surface area contributed by atoms with Crippen LogP contribution < -0.4 is 38.2 Å². The normalized spacial score (nSPS) is 20.6. The van der Waals surface area contributed by atoms with Gasteiger partial charge in [-0.05, 0) is 223 Å². The third kappa shape index (κ3) is 22.4. The van der Waals surface area contributed by atoms with Crippen LogP contribution in [-0.4, -0.2) is 245 Å². The van der Waals surface area contributed by atoms with Crippen molar-refractivity contribution in [1.29, 1.82) is 0 Å². The number of carbonyl (C=O) groups is 2. The predicted molar refractivity (Wildman–Crippen MR) is 522 cm³/mol. The maximum absolute atomic E-state index is 14.1. The van der Waals surface area contributed by atoms with Crippen molar-refractivity contribution in [3.05, 3.63) is 233 Å². The van der Waals surface area contributed by atoms with E-state index in [0.717, 1.165) is 213 Å². The van der Waals surface area contributed by atoms with E-state index in [-0.39, 0.29) is 68.2 Å². The maximum atomic E-state index is 14.1. The molecule has 10 heterocycles. The number of hydrogen-bond acceptors (Lipinski definition) is 24. The lowest BCUT2D eigenvalue weighted by Gasteiger charge is -2.39. The van der Waals surface area contributed by atoms with Crippen molar-refractivity contribution in [3.8, 4) is 34.5 Å². The summed E-state index contributed by atoms with van der Waals surface area (Å²) in [5, 5.41) is 27.9. The van der Waals surface area contributed by atoms with E-state index in [1.165, 1.54) is 57.9 Å². The summed E-state index contributed by atoms with van der Waals surface area (Å²) in [7, 11) is -5.01. The van der Waals surface area contributed by atoms with Gasteiger partial charge in [0.2, 0.25) is 0 Å². The third-order valence-electron chi connectivity index (χ3n) is 28.2. The summed E-state index contributed by atoms with van der Waals surface area (Å²) in [6.07, 6.45) is 15.3. The summed E-state index contributed by atoms with van der Waals surface area (Å²) in [5.74, 6) is -0.624. The number of H-pyrrole nitrogens is 2. The number of aromatic nitrogens is 4. The lowest BCUT2D eigenvalue weighted by atomic mass is 9.72. The van der Waals surface area contributed by atoms with E-state index in [4.69, 9.17) is 42.1 Å². The molecular weight excluding hydrogens is 1780 g/mol. The van der Waals surface area contributed by atoms with Crippen LogP contribution in [-0.2, 0) is 32.9 Å². The number of halogens is 2. The number of amides is 2. The van der Waals surface area contributed by atoms with Gasteiger partial charge in [0.25, 0.3) is 43.2 Å². The number of nitrogens with zero attached hydrogens (tertiary/aromatic N) is 12. The molecule has 34 heteroatoms. The number of nitro benzene ring substituents is 2. The van der Waals surface area contributed by atoms with Gasteiger partial charge >= 0.3 is 0 Å². The molecule has 0 unspecified atom stereocenters. The molecule has 0 bridgehead atoms. The highest BCUT2D eigenvalue weighted by molar-refractivity contribution is 7.90. The number of pyridine rings is 2. The van der Waals surface area contributed by atoms with Crippen molar-refractivity contribution >= 4 is 111 Å². The van der Waals surface area contributed by atoms with Crippen molar-refractivity contribution in [3.63, 3.8) is 0 Å². The Bertz CT molecular complexity index is 5990. The summed E-state index contributed by atoms with van der Waals surface area (Å²) < 4.78 is 85.1. The highest BCUT2D eigenvalue weighted by Crippen LogP contribution is 2.48. The number of carbonyl (C=O) groups excluding carboxylic acids is 2. The van der Waals surface area contributed by atoms with E-state index in [0.29, 0.717) is 72.1 Å². The number of sulfonamides is 2. The zero-order chi connectivity index (χ0) is 94.1. The van der Waals surface area contributed by atoms with Gasteiger partial charge in [-0.15, -0.1) is 0 Å². The Balaban J connectivity index is 0.000000187. The number of hydrogen-bond donors (Lipinski definition) is 4. The first-order valence-electron chi connectivity index (χ1n) is 46.4. The van der Waals surface area contributed by atoms with Crippen LogP contribution in [0.3, 0.4) is 0 Å². The molecule has 30 nitrogen and oxygen atoms in total. The summed E-state index contributed by atoms with van der Waals surface area (Å²) in [5.41, 5.74) is 11.5. The molecule has 4 saturated heterocycles. The van der Waals surface area contributed by atoms with Gasteiger partial charge < -0.3 is 58.3 Å². The SMILES string of the molecule is C[C@@H]1CN(CC[C@@H]2COc3cc(S(=O)(=O)NC(=O)c4ccc(N5CCN(CC6=C(c7ccc(Cl)cc7)CC(C)(C)CC6)CC5)cc4Oc4cnc5[nH]ccc5c4)cc([N+](=O)[O-])c3C2)CCN1C.C[C@H]1CN(CC[C@@H]2COc3cc(S(=O)(=O)NC(=O)c4ccc(N5CCN(CC6=C(c7ccc(Cl)cc7)CC(C)(C)CC6)CC5)cc4Oc4cnc5[nH]ccc5c4)cc([N+](=O)[O-])c3C2)CCN1C. The van der Waals surface area contributed by atoms with Crippen molar-refractivity contribution < 1.29 is 55.2 Å². The van der Waals surface area contributed by atoms with Gasteiger partial charge in [-0.1, -0.05) is 86.3 Å². The summed E-state index contributed by atoms with van der Waals surface area (Å²) >= 11 is 12.5. The molecule has 4 atom stereocenters. The van der Waals surface area contributed by atoms with Crippen LogP contribution in [0.4, 0.5) is 22.7 Å². The molecule has 8 aliphatic rings. The molecule has 0 spiro atoms. The predicted octanol–water partition coefficient (Wildman–Crippen LogP) is 16.8. The Labute approximate surface area is 792 Å². The van der Waals surface area contributed by atoms with Gasteiger partial charge in [0.15, 0.2) is 0 Å². The van der Waals surface area contributed by atoms with Crippen molar-refractivity contribution in [2.24, 2.45) is 22.7 Å². The first kappa shape index (κ1) is 94.7. The van der Waals surface area contributed by atoms with Gasteiger partial charge in [-0.2, -0.15) is 0 Å². The molecule has 6 aromatic carbocycles. The molecule has 2 amide bonds. The molecule has 0 radical (unpaired) electrons. The van der Waals surface area contributed by atoms with E-state index in [9.17, 15) is 46.7 Å². The van der Waals surface area contributed by atoms with E-state index in [1.54, 1.807) is 60.9 Å². The number of benzene rings is 6. The Morgan fingerprint density at radius 3 is 1.28 bits per heavy atom. The van der Waals surface area contributed by atoms with Crippen molar-refractivity contribution in [2.45, 2.75) is 128 Å². The number of rotatable bonds is 26. The first-order valence-corrected chi connectivity index (χ1v) is 50.1. The molecule has 4 fully saturated rings. The van der Waals surface area contributed by atoms with Gasteiger partial charge in [0.05, 0.1) is 67.5 Å². The van der Waals surface area contributed by atoms with Crippen LogP contribution >= 0.6 is 23.2 Å². The number of aromatic amines is 2. The second-order valence-corrected chi connectivity index (χ2v) is 43.2. The van der Waals surface area contributed by atoms with Crippen LogP contribution in [0.15, 0.2) is 179 Å². The van der Waals surface area contributed by atoms with Crippen LogP contribution in [0.2, 0.25) is 10.0 Å². The number of allylic oxidation sites excluding steroid dienone is 2. The van der Waals surface area contributed by atoms with Crippen LogP contribution in [0.25, 0.3) is 33.2 Å². The Hall–Kier alpha value is -11.0. The molecule has 6 aliphatic heterocycles. The summed E-state index contributed by atoms with van der Waals surface area (Å²) in [6, 6.07) is 39.3. The van der Waals surface area contributed by atoms with Gasteiger partial charge in [0.1, 0.15) is 45.8 Å². The molecule has 4 aromatic heterocycles. The minimum atomic E-state index is -4.63. The van der Waals surface area contributed by atoms with Crippen LogP contribution in [0.5, 0.6) is 34.5 Å². The number of nitrogens with one attached hydrogen (secondary N) is 4. The fraction of sp³-hybridized carbons (Fsp3) is 0.440. The molecule has 0 saturated carbocycles. The van der Waals surface area contributed by atoms with E-state index >= 15 is 0 Å². The average Bonchev–Trinajstić information content (AvgIpc) is 0.963. The van der Waals surface area contributed by atoms with Crippen LogP contribution in [0, 0.1) is 42.9 Å². The molecule has 2 aliphatic carbocycles. The van der Waals surface area contributed by atoms with Crippen molar-refractivity contribution in [1.82, 2.24) is 58.8 Å². The maximum Gasteiger partial charge on any atom is 0.277 e. The Kier molecular flexibility index (Phi) is 28.3. The fourth-order valence-corrected chi connectivity index (χ4v) is 22.1. The zero-order valence-electron chi connectivity index (χ0n) is 77.2. The molecule has 134 heavy (non-hydrogen) atoms. The average molecular weight is 1900 g/mol. The minimum Gasteiger partial charge on any atom is -0.493 e. The minimum absolute atomic E-state index is 0.0303. The number of likely N-dealkylation sites (N-methyl/N-ethyl adjacent to an activating group) is 2. The van der Waals surface area contributed by atoms with Gasteiger partial charge in [0, 0.05) is 198 Å². The summed E-state index contributed by atoms with van der Waals surface area (Å²) in [6.45, 7) is 29.8. The van der Waals surface area contributed by atoms with Crippen LogP contribution in [0.1, 0.15) is 136 Å². The summed E-state index contributed by atoms with van der Waals surface area (Å²) in [4.78, 5) is 85.0. The molecule has 18 rings (SSSR count). The lowest BCUT2D eigenvalue weighted by molar-refractivity contribution is -0.386. The van der Waals surface area contributed by atoms with Gasteiger partial charge in [-0.25, -0.2) is 36.2 Å². The smallest absolute Gasteiger partial charge is 0.277 e. The first-order chi connectivity index (χ1) is 64.1. The highest BCUT2D eigenvalue weighted by atomic mass is 35.5. The van der Waals surface area contributed by atoms with E-state index in [2.05, 4.69) is 148 Å². The monoisotopic (exact) mass is 1900 g/mol. The molecule has 708 valence electrons. The molecular formula is C100H118Cl2N16O14S2. The second kappa shape index (κ2) is 40.1. The lowest BCUT2D eigenvalue weighted by Crippen LogP contribution is -2.50. The topological polar surface area (TPSA) is 333 Å². The third-order valence-corrected chi connectivity index (χ3v) is 31.3. The van der Waals surface area contributed by atoms with E-state index < -0.39 is 51.5 Å². The number of nitro groups is 2. The van der Waals surface area contributed by atoms with Gasteiger partial charge in [-0.3, -0.25) is 39.6 Å². The Morgan fingerprint density at radius 2 is 0.903 bits per heavy atom. The number of fused-ring (bicyclic) bond motifs is 4. The Morgan fingerprint density at radius 1 is 0.515 bits per heavy atom. The second-order valence-electron chi connectivity index (χ2n) is 38.9. The quantitative estimate of drug-likeness (QED) is 0.0289. The standard InChI is InChI=1S/2C50H59ClN8O7S/c2*1-33-30-56(18-17-55(33)4)16-13-34-23-43-45(59(61)62)26-41(27-46(43)65-32-34)67(63,64)54-49(60)42-10-9-39(25-47(42)66-40-24-36-12-15-52-48(36)53-29-40)58-21-19-57(20-22-58)31-37-11-14-50(2,3)28-44(37)35-5-7-38(51)8-6-35/h2*5-10,12,15,24-27,29,33-34H,11,13-14,16-23,28,30-32H2,1-4H3,(H,52,53)(H,54,60)/t33-,34+;33-,34-/m10/s1. The van der Waals surface area contributed by atoms with Crippen molar-refractivity contribution in [2.75, 3.05) is 155 Å².